The van der Waals surface area contributed by atoms with Crippen LogP contribution in [0, 0.1) is 6.92 Å². The fourth-order valence-electron chi connectivity index (χ4n) is 2.82. The number of carboxylic acid groups (broad SMARTS) is 1. The molecule has 5 nitrogen and oxygen atoms in total. The minimum Gasteiger partial charge on any atom is -0.477 e. The minimum atomic E-state index is -3.67. The second kappa shape index (κ2) is 6.61. The zero-order valence-corrected chi connectivity index (χ0v) is 16.6. The van der Waals surface area contributed by atoms with Crippen molar-refractivity contribution in [1.82, 2.24) is 4.98 Å². The molecule has 8 heteroatoms. The maximum Gasteiger partial charge on any atom is 0.353 e. The zero-order valence-electron chi connectivity index (χ0n) is 13.3. The number of fused-ring (bicyclic) bond motifs is 1. The van der Waals surface area contributed by atoms with E-state index in [9.17, 15) is 14.5 Å². The number of carbonyl (C=O) groups is 1. The summed E-state index contributed by atoms with van der Waals surface area (Å²) in [7, 11) is -2.36. The number of H-pyrrole nitrogens is 1. The lowest BCUT2D eigenvalue weighted by atomic mass is 10.2. The van der Waals surface area contributed by atoms with Gasteiger partial charge in [0, 0.05) is 32.8 Å². The van der Waals surface area contributed by atoms with Gasteiger partial charge in [0.15, 0.2) is 0 Å². The fraction of sp³-hybridized carbons (Fsp3) is 0.118. The Labute approximate surface area is 157 Å². The molecule has 0 aliphatic carbocycles. The van der Waals surface area contributed by atoms with E-state index in [2.05, 4.69) is 20.9 Å². The highest BCUT2D eigenvalue weighted by Crippen LogP contribution is 2.47. The molecule has 1 unspecified atom stereocenters. The predicted molar refractivity (Wildman–Crippen MR) is 103 cm³/mol. The average molecular weight is 443 g/mol. The van der Waals surface area contributed by atoms with Crippen molar-refractivity contribution in [2.24, 2.45) is 0 Å². The van der Waals surface area contributed by atoms with Gasteiger partial charge in [0.25, 0.3) is 7.37 Å². The number of nitrogens with one attached hydrogen (secondary N) is 1. The van der Waals surface area contributed by atoms with Gasteiger partial charge >= 0.3 is 5.97 Å². The Morgan fingerprint density at radius 3 is 2.60 bits per heavy atom. The van der Waals surface area contributed by atoms with Crippen LogP contribution < -0.4 is 10.6 Å². The van der Waals surface area contributed by atoms with Crippen molar-refractivity contribution in [1.29, 1.82) is 0 Å². The number of halogens is 2. The summed E-state index contributed by atoms with van der Waals surface area (Å²) in [6.07, 6.45) is 0. The number of aryl methyl sites for hydroxylation is 1. The molecule has 1 atom stereocenters. The van der Waals surface area contributed by atoms with Gasteiger partial charge in [-0.15, -0.1) is 0 Å². The van der Waals surface area contributed by atoms with Crippen molar-refractivity contribution in [3.05, 3.63) is 57.2 Å². The van der Waals surface area contributed by atoms with Crippen LogP contribution in [0.2, 0.25) is 5.02 Å². The van der Waals surface area contributed by atoms with Crippen molar-refractivity contribution in [2.45, 2.75) is 6.92 Å². The van der Waals surface area contributed by atoms with Crippen LogP contribution in [0.25, 0.3) is 10.9 Å². The largest absolute Gasteiger partial charge is 0.477 e. The molecule has 3 aromatic rings. The quantitative estimate of drug-likeness (QED) is 0.585. The van der Waals surface area contributed by atoms with Crippen LogP contribution in [0.4, 0.5) is 0 Å². The molecule has 2 aromatic carbocycles. The van der Waals surface area contributed by atoms with E-state index in [4.69, 9.17) is 16.1 Å². The van der Waals surface area contributed by atoms with Crippen LogP contribution in [-0.2, 0) is 9.09 Å². The van der Waals surface area contributed by atoms with Crippen molar-refractivity contribution < 1.29 is 19.0 Å². The highest BCUT2D eigenvalue weighted by atomic mass is 79.9. The second-order valence-electron chi connectivity index (χ2n) is 5.56. The molecule has 25 heavy (non-hydrogen) atoms. The lowest BCUT2D eigenvalue weighted by Crippen LogP contribution is -2.22. The summed E-state index contributed by atoms with van der Waals surface area (Å²) in [5.41, 5.74) is 1.23. The number of aromatic amines is 1. The molecular formula is C17H14BrClNO4P. The van der Waals surface area contributed by atoms with E-state index in [1.54, 1.807) is 30.3 Å². The van der Waals surface area contributed by atoms with Crippen molar-refractivity contribution in [3.8, 4) is 0 Å². The number of carboxylic acids is 1. The van der Waals surface area contributed by atoms with E-state index >= 15 is 0 Å². The molecule has 0 saturated carbocycles. The molecule has 1 aromatic heterocycles. The number of aromatic carboxylic acids is 1. The maximum atomic E-state index is 13.8. The molecule has 0 saturated heterocycles. The van der Waals surface area contributed by atoms with Gasteiger partial charge in [-0.25, -0.2) is 4.79 Å². The second-order valence-corrected chi connectivity index (χ2v) is 9.35. The number of benzene rings is 2. The summed E-state index contributed by atoms with van der Waals surface area (Å²) < 4.78 is 20.0. The minimum absolute atomic E-state index is 0.109. The fourth-order valence-corrected chi connectivity index (χ4v) is 6.06. The van der Waals surface area contributed by atoms with E-state index in [1.165, 1.54) is 7.11 Å². The molecule has 0 amide bonds. The molecule has 130 valence electrons. The Balaban J connectivity index is 2.42. The van der Waals surface area contributed by atoms with E-state index in [1.807, 2.05) is 13.0 Å². The lowest BCUT2D eigenvalue weighted by Gasteiger charge is -2.18. The van der Waals surface area contributed by atoms with Gasteiger partial charge < -0.3 is 14.6 Å². The Kier molecular flexibility index (Phi) is 4.82. The third kappa shape index (κ3) is 3.15. The normalized spacial score (nSPS) is 13.8. The molecular weight excluding hydrogens is 429 g/mol. The summed E-state index contributed by atoms with van der Waals surface area (Å²) in [6.45, 7) is 1.86. The number of hydrogen-bond acceptors (Lipinski definition) is 3. The molecule has 1 heterocycles. The first-order chi connectivity index (χ1) is 11.8. The summed E-state index contributed by atoms with van der Waals surface area (Å²) in [6, 6.07) is 10.1. The molecule has 0 fully saturated rings. The van der Waals surface area contributed by atoms with Gasteiger partial charge in [0.05, 0.1) is 5.30 Å². The Bertz CT molecular complexity index is 1030. The van der Waals surface area contributed by atoms with E-state index in [-0.39, 0.29) is 11.0 Å². The SMILES string of the molecule is COP(=O)(c1cc(C)cc(Br)c1)c1c(C(=O)O)[nH]c2ccc(Cl)cc12. The molecule has 0 aliphatic heterocycles. The van der Waals surface area contributed by atoms with E-state index in [0.29, 0.717) is 21.2 Å². The van der Waals surface area contributed by atoms with E-state index in [0.717, 1.165) is 10.0 Å². The summed E-state index contributed by atoms with van der Waals surface area (Å²) in [5, 5.41) is 11.0. The van der Waals surface area contributed by atoms with Gasteiger partial charge in [-0.2, -0.15) is 0 Å². The number of rotatable bonds is 4. The van der Waals surface area contributed by atoms with Gasteiger partial charge in [-0.1, -0.05) is 27.5 Å². The molecule has 0 radical (unpaired) electrons. The smallest absolute Gasteiger partial charge is 0.353 e. The Morgan fingerprint density at radius 1 is 1.28 bits per heavy atom. The molecule has 3 rings (SSSR count). The van der Waals surface area contributed by atoms with Gasteiger partial charge in [-0.05, 0) is 48.9 Å². The number of aromatic nitrogens is 1. The van der Waals surface area contributed by atoms with Crippen molar-refractivity contribution in [3.63, 3.8) is 0 Å². The third-order valence-corrected chi connectivity index (χ3v) is 7.06. The van der Waals surface area contributed by atoms with Crippen molar-refractivity contribution >= 4 is 62.4 Å². The molecule has 0 spiro atoms. The summed E-state index contributed by atoms with van der Waals surface area (Å²) in [5.74, 6) is -1.22. The Hall–Kier alpha value is -1.59. The molecule has 0 bridgehead atoms. The predicted octanol–water partition coefficient (Wildman–Crippen LogP) is 4.47. The van der Waals surface area contributed by atoms with Crippen LogP contribution in [0.1, 0.15) is 16.1 Å². The zero-order chi connectivity index (χ0) is 18.4. The van der Waals surface area contributed by atoms with Gasteiger partial charge in [0.2, 0.25) is 0 Å². The first-order valence-corrected chi connectivity index (χ1v) is 10.0. The van der Waals surface area contributed by atoms with Crippen LogP contribution in [0.3, 0.4) is 0 Å². The Morgan fingerprint density at radius 2 is 2.00 bits per heavy atom. The van der Waals surface area contributed by atoms with Gasteiger partial charge in [0.1, 0.15) is 5.69 Å². The van der Waals surface area contributed by atoms with Crippen molar-refractivity contribution in [2.75, 3.05) is 7.11 Å². The standard InChI is InChI=1S/C17H14BrClNO4P/c1-9-5-10(18)7-12(6-9)25(23,24-2)16-13-8-11(19)3-4-14(13)20-15(16)17(21)22/h3-8,20H,1-2H3,(H,21,22). The monoisotopic (exact) mass is 441 g/mol. The first kappa shape index (κ1) is 18.2. The highest BCUT2D eigenvalue weighted by molar-refractivity contribution is 9.10. The van der Waals surface area contributed by atoms with E-state index < -0.39 is 13.3 Å². The first-order valence-electron chi connectivity index (χ1n) is 7.25. The third-order valence-electron chi connectivity index (χ3n) is 3.87. The summed E-state index contributed by atoms with van der Waals surface area (Å²) >= 11 is 9.45. The van der Waals surface area contributed by atoms with Crippen LogP contribution in [-0.4, -0.2) is 23.2 Å². The van der Waals surface area contributed by atoms with Gasteiger partial charge in [-0.3, -0.25) is 4.57 Å². The van der Waals surface area contributed by atoms with Crippen LogP contribution in [0.5, 0.6) is 0 Å². The van der Waals surface area contributed by atoms with Crippen LogP contribution >= 0.6 is 34.9 Å². The summed E-state index contributed by atoms with van der Waals surface area (Å²) in [4.78, 5) is 14.6. The molecule has 0 aliphatic rings. The lowest BCUT2D eigenvalue weighted by molar-refractivity contribution is 0.0692. The van der Waals surface area contributed by atoms with Crippen LogP contribution in [0.15, 0.2) is 40.9 Å². The average Bonchev–Trinajstić information content (AvgIpc) is 2.92. The maximum absolute atomic E-state index is 13.8. The topological polar surface area (TPSA) is 79.4 Å². The molecule has 2 N–H and O–H groups in total. The highest BCUT2D eigenvalue weighted by Gasteiger charge is 2.36. The number of hydrogen-bond donors (Lipinski definition) is 2.